The number of aryl methyl sites for hydroxylation is 1. The molecule has 0 aliphatic rings. The van der Waals surface area contributed by atoms with Crippen LogP contribution in [0.25, 0.3) is 0 Å². The summed E-state index contributed by atoms with van der Waals surface area (Å²) >= 11 is 0. The van der Waals surface area contributed by atoms with Crippen molar-refractivity contribution >= 4 is 11.6 Å². The highest BCUT2D eigenvalue weighted by Gasteiger charge is 2.16. The Hall–Kier alpha value is -1.56. The van der Waals surface area contributed by atoms with Gasteiger partial charge in [-0.3, -0.25) is 9.89 Å². The van der Waals surface area contributed by atoms with E-state index < -0.39 is 0 Å². The number of H-pyrrole nitrogens is 1. The van der Waals surface area contributed by atoms with E-state index in [-0.39, 0.29) is 17.7 Å². The third-order valence-electron chi connectivity index (χ3n) is 2.44. The van der Waals surface area contributed by atoms with Gasteiger partial charge in [0.2, 0.25) is 0 Å². The highest BCUT2D eigenvalue weighted by Crippen LogP contribution is 2.15. The number of nitrogens with one attached hydrogen (secondary N) is 2. The Morgan fingerprint density at radius 3 is 2.89 bits per heavy atom. The van der Waals surface area contributed by atoms with Gasteiger partial charge in [0.1, 0.15) is 0 Å². The van der Waals surface area contributed by atoms with Crippen molar-refractivity contribution in [3.63, 3.8) is 0 Å². The van der Waals surface area contributed by atoms with Crippen LogP contribution in [0.3, 0.4) is 0 Å². The number of hydrogen-bond acceptors (Lipinski definition) is 4. The quantitative estimate of drug-likeness (QED) is 0.635. The van der Waals surface area contributed by atoms with Crippen LogP contribution in [0.5, 0.6) is 0 Å². The Morgan fingerprint density at radius 2 is 2.28 bits per heavy atom. The second-order valence-electron chi connectivity index (χ2n) is 4.39. The van der Waals surface area contributed by atoms with Crippen molar-refractivity contribution in [3.8, 4) is 0 Å². The maximum absolute atomic E-state index is 11.8. The lowest BCUT2D eigenvalue weighted by Crippen LogP contribution is -2.28. The largest absolute Gasteiger partial charge is 0.395 e. The van der Waals surface area contributed by atoms with Crippen molar-refractivity contribution < 1.29 is 9.53 Å². The summed E-state index contributed by atoms with van der Waals surface area (Å²) in [6.07, 6.45) is 1.91. The Morgan fingerprint density at radius 1 is 1.56 bits per heavy atom. The minimum absolute atomic E-state index is 0.161. The Kier molecular flexibility index (Phi) is 5.64. The first-order chi connectivity index (χ1) is 8.56. The molecular formula is C12H22N4O2. The minimum atomic E-state index is -0.265. The van der Waals surface area contributed by atoms with Gasteiger partial charge in [0.15, 0.2) is 5.69 Å². The first-order valence-corrected chi connectivity index (χ1v) is 6.28. The number of anilines is 1. The summed E-state index contributed by atoms with van der Waals surface area (Å²) in [5.41, 5.74) is 7.39. The lowest BCUT2D eigenvalue weighted by Gasteiger charge is -2.08. The molecule has 4 N–H and O–H groups in total. The molecule has 6 heteroatoms. The van der Waals surface area contributed by atoms with E-state index in [0.29, 0.717) is 18.8 Å². The monoisotopic (exact) mass is 254 g/mol. The normalized spacial score (nSPS) is 10.9. The molecule has 18 heavy (non-hydrogen) atoms. The maximum atomic E-state index is 11.8. The second-order valence-corrected chi connectivity index (χ2v) is 4.39. The molecule has 0 aliphatic heterocycles. The molecule has 0 spiro atoms. The molecule has 0 saturated heterocycles. The van der Waals surface area contributed by atoms with Crippen molar-refractivity contribution in [1.29, 1.82) is 0 Å². The van der Waals surface area contributed by atoms with Gasteiger partial charge >= 0.3 is 0 Å². The molecule has 0 saturated carbocycles. The van der Waals surface area contributed by atoms with Crippen LogP contribution < -0.4 is 11.1 Å². The number of rotatable bonds is 7. The predicted octanol–water partition coefficient (Wildman–Crippen LogP) is 1.10. The van der Waals surface area contributed by atoms with Crippen LogP contribution in [0.4, 0.5) is 5.69 Å². The first-order valence-electron chi connectivity index (χ1n) is 6.28. The van der Waals surface area contributed by atoms with Crippen LogP contribution in [-0.4, -0.2) is 35.4 Å². The van der Waals surface area contributed by atoms with E-state index in [1.54, 1.807) is 0 Å². The van der Waals surface area contributed by atoms with Crippen molar-refractivity contribution in [3.05, 3.63) is 11.4 Å². The molecule has 1 heterocycles. The predicted molar refractivity (Wildman–Crippen MR) is 70.4 cm³/mol. The van der Waals surface area contributed by atoms with Crippen LogP contribution in [0, 0.1) is 0 Å². The number of amides is 1. The van der Waals surface area contributed by atoms with E-state index in [4.69, 9.17) is 10.5 Å². The zero-order valence-electron chi connectivity index (χ0n) is 11.2. The summed E-state index contributed by atoms with van der Waals surface area (Å²) < 4.78 is 5.33. The molecule has 1 rings (SSSR count). The zero-order valence-corrected chi connectivity index (χ0v) is 11.2. The van der Waals surface area contributed by atoms with Gasteiger partial charge in [0, 0.05) is 6.54 Å². The molecule has 0 aromatic carbocycles. The standard InChI is InChI=1S/C12H22N4O2/c1-4-5-9-10(13)11(16-15-9)12(17)14-6-7-18-8(2)3/h8H,4-7,13H2,1-3H3,(H,14,17)(H,15,16). The SMILES string of the molecule is CCCc1[nH]nc(C(=O)NCCOC(C)C)c1N. The molecule has 1 amide bonds. The molecule has 0 radical (unpaired) electrons. The number of aromatic nitrogens is 2. The van der Waals surface area contributed by atoms with Gasteiger partial charge in [-0.2, -0.15) is 5.10 Å². The minimum Gasteiger partial charge on any atom is -0.395 e. The van der Waals surface area contributed by atoms with E-state index in [1.165, 1.54) is 0 Å². The van der Waals surface area contributed by atoms with Gasteiger partial charge in [0.05, 0.1) is 24.1 Å². The van der Waals surface area contributed by atoms with Crippen molar-refractivity contribution in [2.75, 3.05) is 18.9 Å². The Bertz CT molecular complexity index is 387. The number of carbonyl (C=O) groups is 1. The highest BCUT2D eigenvalue weighted by atomic mass is 16.5. The lowest BCUT2D eigenvalue weighted by atomic mass is 10.2. The summed E-state index contributed by atoms with van der Waals surface area (Å²) in [5, 5.41) is 9.47. The third kappa shape index (κ3) is 4.03. The molecule has 1 aromatic heterocycles. The molecule has 1 aromatic rings. The molecule has 0 aliphatic carbocycles. The fourth-order valence-corrected chi connectivity index (χ4v) is 1.54. The van der Waals surface area contributed by atoms with E-state index in [1.807, 2.05) is 20.8 Å². The fourth-order valence-electron chi connectivity index (χ4n) is 1.54. The van der Waals surface area contributed by atoms with E-state index in [0.717, 1.165) is 18.5 Å². The summed E-state index contributed by atoms with van der Waals surface area (Å²) in [6, 6.07) is 0. The number of nitrogen functional groups attached to an aromatic ring is 1. The number of nitrogens with zero attached hydrogens (tertiary/aromatic N) is 1. The molecule has 102 valence electrons. The summed E-state index contributed by atoms with van der Waals surface area (Å²) in [6.45, 7) is 6.88. The Labute approximate surface area is 107 Å². The van der Waals surface area contributed by atoms with Crippen molar-refractivity contribution in [1.82, 2.24) is 15.5 Å². The molecular weight excluding hydrogens is 232 g/mol. The average molecular weight is 254 g/mol. The van der Waals surface area contributed by atoms with Gasteiger partial charge in [-0.05, 0) is 20.3 Å². The van der Waals surface area contributed by atoms with Gasteiger partial charge in [-0.15, -0.1) is 0 Å². The number of ether oxygens (including phenoxy) is 1. The zero-order chi connectivity index (χ0) is 13.5. The topological polar surface area (TPSA) is 93.0 Å². The number of hydrogen-bond donors (Lipinski definition) is 3. The first kappa shape index (κ1) is 14.5. The number of nitrogens with two attached hydrogens (primary N) is 1. The molecule has 6 nitrogen and oxygen atoms in total. The smallest absolute Gasteiger partial charge is 0.274 e. The van der Waals surface area contributed by atoms with Crippen LogP contribution >= 0.6 is 0 Å². The van der Waals surface area contributed by atoms with Gasteiger partial charge in [-0.25, -0.2) is 0 Å². The lowest BCUT2D eigenvalue weighted by molar-refractivity contribution is 0.0745. The van der Waals surface area contributed by atoms with Crippen LogP contribution in [0.2, 0.25) is 0 Å². The fraction of sp³-hybridized carbons (Fsp3) is 0.667. The maximum Gasteiger partial charge on any atom is 0.274 e. The highest BCUT2D eigenvalue weighted by molar-refractivity contribution is 5.97. The number of carbonyl (C=O) groups excluding carboxylic acids is 1. The van der Waals surface area contributed by atoms with Crippen LogP contribution in [0.1, 0.15) is 43.4 Å². The third-order valence-corrected chi connectivity index (χ3v) is 2.44. The average Bonchev–Trinajstić information content (AvgIpc) is 2.67. The molecule has 0 fully saturated rings. The van der Waals surface area contributed by atoms with Crippen LogP contribution in [0.15, 0.2) is 0 Å². The second kappa shape index (κ2) is 7.00. The van der Waals surface area contributed by atoms with E-state index >= 15 is 0 Å². The van der Waals surface area contributed by atoms with E-state index in [2.05, 4.69) is 15.5 Å². The van der Waals surface area contributed by atoms with Gasteiger partial charge in [-0.1, -0.05) is 13.3 Å². The van der Waals surface area contributed by atoms with Gasteiger partial charge < -0.3 is 15.8 Å². The summed E-state index contributed by atoms with van der Waals surface area (Å²) in [4.78, 5) is 11.8. The van der Waals surface area contributed by atoms with Gasteiger partial charge in [0.25, 0.3) is 5.91 Å². The Balaban J connectivity index is 2.46. The van der Waals surface area contributed by atoms with Crippen LogP contribution in [-0.2, 0) is 11.2 Å². The van der Waals surface area contributed by atoms with Crippen molar-refractivity contribution in [2.45, 2.75) is 39.7 Å². The molecule has 0 atom stereocenters. The van der Waals surface area contributed by atoms with E-state index in [9.17, 15) is 4.79 Å². The summed E-state index contributed by atoms with van der Waals surface area (Å²) in [7, 11) is 0. The number of aromatic amines is 1. The molecule has 0 bridgehead atoms. The summed E-state index contributed by atoms with van der Waals surface area (Å²) in [5.74, 6) is -0.265. The molecule has 0 unspecified atom stereocenters. The van der Waals surface area contributed by atoms with Crippen molar-refractivity contribution in [2.24, 2.45) is 0 Å².